The topological polar surface area (TPSA) is 81.2 Å². The van der Waals surface area contributed by atoms with Crippen LogP contribution in [0.15, 0.2) is 36.0 Å². The zero-order valence-electron chi connectivity index (χ0n) is 14.0. The van der Waals surface area contributed by atoms with E-state index in [0.29, 0.717) is 11.8 Å². The molecule has 25 heavy (non-hydrogen) atoms. The summed E-state index contributed by atoms with van der Waals surface area (Å²) in [4.78, 5) is 4.46. The number of hydrogen-bond donors (Lipinski definition) is 2. The number of nitrogens with zero attached hydrogens (tertiary/aromatic N) is 3. The SMILES string of the molecule is C1=C(CCNc2nncc(Nc3ccc4c(c3)OCO4)n2)CCCC1. The molecule has 130 valence electrons. The van der Waals surface area contributed by atoms with Gasteiger partial charge in [0, 0.05) is 18.3 Å². The van der Waals surface area contributed by atoms with Crippen molar-refractivity contribution in [2.24, 2.45) is 0 Å². The average molecular weight is 339 g/mol. The van der Waals surface area contributed by atoms with E-state index >= 15 is 0 Å². The van der Waals surface area contributed by atoms with Crippen LogP contribution >= 0.6 is 0 Å². The van der Waals surface area contributed by atoms with Gasteiger partial charge in [0.15, 0.2) is 17.3 Å². The summed E-state index contributed by atoms with van der Waals surface area (Å²) in [7, 11) is 0. The van der Waals surface area contributed by atoms with Crippen LogP contribution in [0.1, 0.15) is 32.1 Å². The van der Waals surface area contributed by atoms with Gasteiger partial charge in [-0.3, -0.25) is 0 Å². The van der Waals surface area contributed by atoms with Gasteiger partial charge in [-0.1, -0.05) is 11.6 Å². The fourth-order valence-electron chi connectivity index (χ4n) is 3.03. The molecule has 2 heterocycles. The Morgan fingerprint density at radius 1 is 1.12 bits per heavy atom. The van der Waals surface area contributed by atoms with Crippen molar-refractivity contribution in [1.29, 1.82) is 0 Å². The van der Waals surface area contributed by atoms with Crippen molar-refractivity contribution in [1.82, 2.24) is 15.2 Å². The smallest absolute Gasteiger partial charge is 0.244 e. The van der Waals surface area contributed by atoms with E-state index in [-0.39, 0.29) is 6.79 Å². The molecule has 0 radical (unpaired) electrons. The van der Waals surface area contributed by atoms with Crippen LogP contribution in [0.5, 0.6) is 11.5 Å². The molecule has 2 aromatic rings. The van der Waals surface area contributed by atoms with Crippen LogP contribution in [0.2, 0.25) is 0 Å². The van der Waals surface area contributed by atoms with Gasteiger partial charge < -0.3 is 20.1 Å². The third-order valence-electron chi connectivity index (χ3n) is 4.32. The minimum Gasteiger partial charge on any atom is -0.454 e. The molecule has 0 fully saturated rings. The van der Waals surface area contributed by atoms with Crippen molar-refractivity contribution in [3.63, 3.8) is 0 Å². The van der Waals surface area contributed by atoms with Crippen molar-refractivity contribution in [2.45, 2.75) is 32.1 Å². The fourth-order valence-corrected chi connectivity index (χ4v) is 3.03. The third kappa shape index (κ3) is 3.99. The number of benzene rings is 1. The quantitative estimate of drug-likeness (QED) is 0.778. The lowest BCUT2D eigenvalue weighted by atomic mass is 9.97. The molecule has 0 unspecified atom stereocenters. The molecule has 1 aliphatic carbocycles. The van der Waals surface area contributed by atoms with E-state index in [2.05, 4.69) is 31.9 Å². The number of ether oxygens (including phenoxy) is 2. The van der Waals surface area contributed by atoms with Crippen molar-refractivity contribution in [3.8, 4) is 11.5 Å². The molecule has 7 heteroatoms. The first kappa shape index (κ1) is 15.7. The Morgan fingerprint density at radius 3 is 3.00 bits per heavy atom. The number of rotatable bonds is 6. The highest BCUT2D eigenvalue weighted by Crippen LogP contribution is 2.34. The molecule has 4 rings (SSSR count). The van der Waals surface area contributed by atoms with E-state index in [1.165, 1.54) is 31.3 Å². The van der Waals surface area contributed by atoms with Gasteiger partial charge >= 0.3 is 0 Å². The summed E-state index contributed by atoms with van der Waals surface area (Å²) in [6.07, 6.45) is 10.0. The van der Waals surface area contributed by atoms with Gasteiger partial charge in [-0.05, 0) is 44.2 Å². The summed E-state index contributed by atoms with van der Waals surface area (Å²) in [5, 5.41) is 14.5. The van der Waals surface area contributed by atoms with Crippen LogP contribution in [-0.2, 0) is 0 Å². The van der Waals surface area contributed by atoms with E-state index < -0.39 is 0 Å². The molecule has 0 bridgehead atoms. The van der Waals surface area contributed by atoms with Gasteiger partial charge in [0.05, 0.1) is 6.20 Å². The highest BCUT2D eigenvalue weighted by molar-refractivity contribution is 5.61. The fraction of sp³-hybridized carbons (Fsp3) is 0.389. The first-order valence-corrected chi connectivity index (χ1v) is 8.65. The minimum absolute atomic E-state index is 0.262. The lowest BCUT2D eigenvalue weighted by molar-refractivity contribution is 0.174. The second-order valence-electron chi connectivity index (χ2n) is 6.14. The highest BCUT2D eigenvalue weighted by Gasteiger charge is 2.13. The number of hydrogen-bond acceptors (Lipinski definition) is 7. The van der Waals surface area contributed by atoms with Gasteiger partial charge in [-0.2, -0.15) is 10.1 Å². The predicted octanol–water partition coefficient (Wildman–Crippen LogP) is 3.65. The molecule has 2 N–H and O–H groups in total. The summed E-state index contributed by atoms with van der Waals surface area (Å²) in [5.41, 5.74) is 2.39. The number of anilines is 3. The maximum atomic E-state index is 5.38. The molecule has 2 aliphatic rings. The standard InChI is InChI=1S/C18H21N5O2/c1-2-4-13(5-3-1)8-9-19-18-22-17(11-20-23-18)21-14-6-7-15-16(10-14)25-12-24-15/h4,6-7,10-11H,1-3,5,8-9,12H2,(H2,19,21,22,23). The number of fused-ring (bicyclic) bond motifs is 1. The van der Waals surface area contributed by atoms with Crippen molar-refractivity contribution in [3.05, 3.63) is 36.0 Å². The van der Waals surface area contributed by atoms with Crippen LogP contribution in [0.3, 0.4) is 0 Å². The molecular weight excluding hydrogens is 318 g/mol. The summed E-state index contributed by atoms with van der Waals surface area (Å²) in [5.74, 6) is 2.65. The summed E-state index contributed by atoms with van der Waals surface area (Å²) < 4.78 is 10.7. The van der Waals surface area contributed by atoms with E-state index in [1.807, 2.05) is 18.2 Å². The Morgan fingerprint density at radius 2 is 2.08 bits per heavy atom. The zero-order valence-corrected chi connectivity index (χ0v) is 14.0. The van der Waals surface area contributed by atoms with Crippen LogP contribution in [0, 0.1) is 0 Å². The molecule has 1 aromatic heterocycles. The largest absolute Gasteiger partial charge is 0.454 e. The Labute approximate surface area is 146 Å². The highest BCUT2D eigenvalue weighted by atomic mass is 16.7. The van der Waals surface area contributed by atoms with Crippen LogP contribution in [-0.4, -0.2) is 28.5 Å². The third-order valence-corrected chi connectivity index (χ3v) is 4.32. The monoisotopic (exact) mass is 339 g/mol. The van der Waals surface area contributed by atoms with Gasteiger partial charge in [0.1, 0.15) is 0 Å². The second kappa shape index (κ2) is 7.38. The van der Waals surface area contributed by atoms with Gasteiger partial charge in [0.25, 0.3) is 0 Å². The predicted molar refractivity (Wildman–Crippen MR) is 95.3 cm³/mol. The van der Waals surface area contributed by atoms with Gasteiger partial charge in [-0.25, -0.2) is 0 Å². The van der Waals surface area contributed by atoms with Crippen molar-refractivity contribution >= 4 is 17.5 Å². The van der Waals surface area contributed by atoms with E-state index in [0.717, 1.165) is 30.2 Å². The lowest BCUT2D eigenvalue weighted by Gasteiger charge is -2.13. The van der Waals surface area contributed by atoms with E-state index in [9.17, 15) is 0 Å². The number of nitrogens with one attached hydrogen (secondary N) is 2. The molecular formula is C18H21N5O2. The normalized spacial score (nSPS) is 15.6. The summed E-state index contributed by atoms with van der Waals surface area (Å²) in [6.45, 7) is 1.08. The zero-order chi connectivity index (χ0) is 16.9. The van der Waals surface area contributed by atoms with Crippen LogP contribution < -0.4 is 20.1 Å². The maximum Gasteiger partial charge on any atom is 0.244 e. The van der Waals surface area contributed by atoms with E-state index in [1.54, 1.807) is 6.20 Å². The molecule has 0 saturated heterocycles. The molecule has 0 saturated carbocycles. The molecule has 7 nitrogen and oxygen atoms in total. The first-order chi connectivity index (χ1) is 12.4. The Balaban J connectivity index is 1.35. The summed E-state index contributed by atoms with van der Waals surface area (Å²) in [6, 6.07) is 5.67. The van der Waals surface area contributed by atoms with Crippen molar-refractivity contribution < 1.29 is 9.47 Å². The molecule has 0 spiro atoms. The Bertz CT molecular complexity index is 778. The van der Waals surface area contributed by atoms with Gasteiger partial charge in [-0.15, -0.1) is 5.10 Å². The molecule has 0 amide bonds. The maximum absolute atomic E-state index is 5.38. The Hall–Kier alpha value is -2.83. The van der Waals surface area contributed by atoms with Crippen LogP contribution in [0.4, 0.5) is 17.5 Å². The summed E-state index contributed by atoms with van der Waals surface area (Å²) >= 11 is 0. The van der Waals surface area contributed by atoms with E-state index in [4.69, 9.17) is 9.47 Å². The minimum atomic E-state index is 0.262. The van der Waals surface area contributed by atoms with Gasteiger partial charge in [0.2, 0.25) is 12.7 Å². The first-order valence-electron chi connectivity index (χ1n) is 8.65. The lowest BCUT2D eigenvalue weighted by Crippen LogP contribution is -2.09. The van der Waals surface area contributed by atoms with Crippen molar-refractivity contribution in [2.75, 3.05) is 24.0 Å². The number of allylic oxidation sites excluding steroid dienone is 1. The molecule has 1 aromatic carbocycles. The second-order valence-corrected chi connectivity index (χ2v) is 6.14. The molecule has 0 atom stereocenters. The average Bonchev–Trinajstić information content (AvgIpc) is 3.11. The molecule has 1 aliphatic heterocycles. The Kier molecular flexibility index (Phi) is 4.63. The van der Waals surface area contributed by atoms with Crippen LogP contribution in [0.25, 0.3) is 0 Å². The number of aromatic nitrogens is 3.